The van der Waals surface area contributed by atoms with Crippen molar-refractivity contribution in [2.75, 3.05) is 26.5 Å². The first-order chi connectivity index (χ1) is 10.7. The Morgan fingerprint density at radius 1 is 1.18 bits per heavy atom. The van der Waals surface area contributed by atoms with Crippen LogP contribution < -0.4 is 4.74 Å². The molecule has 0 aliphatic carbocycles. The molecule has 1 aromatic rings. The van der Waals surface area contributed by atoms with E-state index in [2.05, 4.69) is 4.90 Å². The standard InChI is InChI=1S/C17H21NO3S/c1-21-14-8-6-13(7-9-14)16(20)15(12-19)17(22-2)18-10-4-3-5-11-18/h6-9,12H,3-5,10-11H2,1-2H3/b17-15-. The number of aldehydes is 1. The average molecular weight is 319 g/mol. The summed E-state index contributed by atoms with van der Waals surface area (Å²) in [5.41, 5.74) is 0.756. The molecule has 1 saturated heterocycles. The molecule has 0 N–H and O–H groups in total. The highest BCUT2D eigenvalue weighted by atomic mass is 32.2. The van der Waals surface area contributed by atoms with Crippen LogP contribution in [0.1, 0.15) is 29.6 Å². The predicted molar refractivity (Wildman–Crippen MR) is 89.4 cm³/mol. The molecule has 0 unspecified atom stereocenters. The molecule has 1 aliphatic rings. The zero-order chi connectivity index (χ0) is 15.9. The van der Waals surface area contributed by atoms with Gasteiger partial charge in [-0.05, 0) is 49.8 Å². The number of piperidine rings is 1. The number of carbonyl (C=O) groups excluding carboxylic acids is 2. The van der Waals surface area contributed by atoms with Gasteiger partial charge >= 0.3 is 0 Å². The summed E-state index contributed by atoms with van der Waals surface area (Å²) >= 11 is 1.47. The molecule has 0 saturated carbocycles. The molecule has 0 spiro atoms. The summed E-state index contributed by atoms with van der Waals surface area (Å²) in [4.78, 5) is 26.3. The molecule has 0 atom stereocenters. The summed E-state index contributed by atoms with van der Waals surface area (Å²) in [6.07, 6.45) is 6.02. The van der Waals surface area contributed by atoms with E-state index < -0.39 is 0 Å². The van der Waals surface area contributed by atoms with Gasteiger partial charge in [-0.25, -0.2) is 0 Å². The average Bonchev–Trinajstić information content (AvgIpc) is 2.59. The van der Waals surface area contributed by atoms with Crippen molar-refractivity contribution in [3.63, 3.8) is 0 Å². The molecular weight excluding hydrogens is 298 g/mol. The van der Waals surface area contributed by atoms with Crippen LogP contribution in [-0.4, -0.2) is 43.4 Å². The number of Topliss-reactive ketones (excluding diaryl/α,β-unsaturated/α-hetero) is 1. The first-order valence-electron chi connectivity index (χ1n) is 7.38. The fraction of sp³-hybridized carbons (Fsp3) is 0.412. The van der Waals surface area contributed by atoms with Gasteiger partial charge in [-0.2, -0.15) is 0 Å². The maximum absolute atomic E-state index is 12.6. The summed E-state index contributed by atoms with van der Waals surface area (Å²) in [6, 6.07) is 6.85. The zero-order valence-corrected chi connectivity index (χ0v) is 13.8. The Bertz CT molecular complexity index is 560. The highest BCUT2D eigenvalue weighted by Crippen LogP contribution is 2.27. The Kier molecular flexibility index (Phi) is 6.07. The summed E-state index contributed by atoms with van der Waals surface area (Å²) in [5, 5.41) is 0.788. The lowest BCUT2D eigenvalue weighted by Gasteiger charge is -2.30. The summed E-state index contributed by atoms with van der Waals surface area (Å²) in [7, 11) is 1.58. The largest absolute Gasteiger partial charge is 0.497 e. The van der Waals surface area contributed by atoms with E-state index >= 15 is 0 Å². The third-order valence-electron chi connectivity index (χ3n) is 3.78. The number of rotatable bonds is 6. The van der Waals surface area contributed by atoms with Gasteiger partial charge in [-0.1, -0.05) is 0 Å². The van der Waals surface area contributed by atoms with Crippen molar-refractivity contribution in [1.82, 2.24) is 4.90 Å². The minimum Gasteiger partial charge on any atom is -0.497 e. The van der Waals surface area contributed by atoms with Crippen LogP contribution in [0.5, 0.6) is 5.75 Å². The van der Waals surface area contributed by atoms with E-state index in [-0.39, 0.29) is 11.4 Å². The van der Waals surface area contributed by atoms with E-state index in [0.29, 0.717) is 17.6 Å². The van der Waals surface area contributed by atoms with Crippen LogP contribution in [0.2, 0.25) is 0 Å². The molecule has 1 heterocycles. The van der Waals surface area contributed by atoms with Gasteiger partial charge in [0.2, 0.25) is 0 Å². The lowest BCUT2D eigenvalue weighted by atomic mass is 10.0. The normalized spacial score (nSPS) is 16.0. The Morgan fingerprint density at radius 3 is 2.32 bits per heavy atom. The quantitative estimate of drug-likeness (QED) is 0.265. The fourth-order valence-corrected chi connectivity index (χ4v) is 3.41. The molecule has 1 aromatic carbocycles. The number of likely N-dealkylation sites (tertiary alicyclic amines) is 1. The van der Waals surface area contributed by atoms with Gasteiger partial charge in [0, 0.05) is 18.7 Å². The minimum atomic E-state index is -0.229. The van der Waals surface area contributed by atoms with Gasteiger partial charge in [0.15, 0.2) is 12.1 Å². The van der Waals surface area contributed by atoms with Crippen molar-refractivity contribution >= 4 is 23.8 Å². The number of allylic oxidation sites excluding steroid dienone is 1. The fourth-order valence-electron chi connectivity index (χ4n) is 2.61. The van der Waals surface area contributed by atoms with E-state index in [0.717, 1.165) is 31.0 Å². The van der Waals surface area contributed by atoms with Crippen LogP contribution in [0.4, 0.5) is 0 Å². The molecule has 4 nitrogen and oxygen atoms in total. The number of thioether (sulfide) groups is 1. The van der Waals surface area contributed by atoms with Crippen molar-refractivity contribution in [3.05, 3.63) is 40.4 Å². The third-order valence-corrected chi connectivity index (χ3v) is 4.65. The van der Waals surface area contributed by atoms with Crippen molar-refractivity contribution in [2.45, 2.75) is 19.3 Å². The number of benzene rings is 1. The van der Waals surface area contributed by atoms with Gasteiger partial charge in [0.05, 0.1) is 17.7 Å². The zero-order valence-electron chi connectivity index (χ0n) is 13.0. The van der Waals surface area contributed by atoms with E-state index in [1.165, 1.54) is 18.2 Å². The number of carbonyl (C=O) groups is 2. The Labute approximate surface area is 135 Å². The number of hydrogen-bond acceptors (Lipinski definition) is 5. The maximum atomic E-state index is 12.6. The van der Waals surface area contributed by atoms with Crippen LogP contribution in [0, 0.1) is 0 Å². The summed E-state index contributed by atoms with van der Waals surface area (Å²) in [6.45, 7) is 1.81. The van der Waals surface area contributed by atoms with E-state index in [9.17, 15) is 9.59 Å². The lowest BCUT2D eigenvalue weighted by molar-refractivity contribution is -0.104. The number of nitrogens with zero attached hydrogens (tertiary/aromatic N) is 1. The third kappa shape index (κ3) is 3.71. The molecule has 0 amide bonds. The molecule has 5 heteroatoms. The molecule has 118 valence electrons. The Balaban J connectivity index is 2.31. The highest BCUT2D eigenvalue weighted by Gasteiger charge is 2.22. The van der Waals surface area contributed by atoms with Gasteiger partial charge in [0.1, 0.15) is 5.75 Å². The first kappa shape index (κ1) is 16.6. The second kappa shape index (κ2) is 8.03. The lowest BCUT2D eigenvalue weighted by Crippen LogP contribution is -2.30. The van der Waals surface area contributed by atoms with Crippen LogP contribution in [0.25, 0.3) is 0 Å². The van der Waals surface area contributed by atoms with Crippen molar-refractivity contribution in [2.24, 2.45) is 0 Å². The van der Waals surface area contributed by atoms with E-state index in [4.69, 9.17) is 4.74 Å². The molecule has 2 rings (SSSR count). The van der Waals surface area contributed by atoms with Crippen LogP contribution >= 0.6 is 11.8 Å². The molecule has 22 heavy (non-hydrogen) atoms. The minimum absolute atomic E-state index is 0.229. The molecule has 0 radical (unpaired) electrons. The van der Waals surface area contributed by atoms with Crippen molar-refractivity contribution in [3.8, 4) is 5.75 Å². The van der Waals surface area contributed by atoms with Crippen molar-refractivity contribution in [1.29, 1.82) is 0 Å². The number of methoxy groups -OCH3 is 1. The predicted octanol–water partition coefficient (Wildman–Crippen LogP) is 3.14. The van der Waals surface area contributed by atoms with E-state index in [1.54, 1.807) is 31.4 Å². The number of ether oxygens (including phenoxy) is 1. The smallest absolute Gasteiger partial charge is 0.198 e. The van der Waals surface area contributed by atoms with Gasteiger partial charge in [-0.15, -0.1) is 11.8 Å². The highest BCUT2D eigenvalue weighted by molar-refractivity contribution is 8.02. The second-order valence-corrected chi connectivity index (χ2v) is 5.94. The summed E-state index contributed by atoms with van der Waals surface area (Å²) in [5.74, 6) is 0.460. The Hall–Kier alpha value is -1.75. The monoisotopic (exact) mass is 319 g/mol. The SMILES string of the molecule is COc1ccc(C(=O)/C(C=O)=C(\SC)N2CCCCC2)cc1. The molecular formula is C17H21NO3S. The van der Waals surface area contributed by atoms with Crippen molar-refractivity contribution < 1.29 is 14.3 Å². The van der Waals surface area contributed by atoms with Crippen LogP contribution in [-0.2, 0) is 4.79 Å². The molecule has 1 aliphatic heterocycles. The van der Waals surface area contributed by atoms with Gasteiger partial charge in [0.25, 0.3) is 0 Å². The molecule has 0 bridgehead atoms. The van der Waals surface area contributed by atoms with E-state index in [1.807, 2.05) is 6.26 Å². The molecule has 1 fully saturated rings. The maximum Gasteiger partial charge on any atom is 0.198 e. The topological polar surface area (TPSA) is 46.6 Å². The van der Waals surface area contributed by atoms with Gasteiger partial charge < -0.3 is 9.64 Å². The van der Waals surface area contributed by atoms with Gasteiger partial charge in [-0.3, -0.25) is 9.59 Å². The summed E-state index contributed by atoms with van der Waals surface area (Å²) < 4.78 is 5.09. The number of ketones is 1. The first-order valence-corrected chi connectivity index (χ1v) is 8.61. The molecule has 0 aromatic heterocycles. The van der Waals surface area contributed by atoms with Crippen LogP contribution in [0.3, 0.4) is 0 Å². The second-order valence-electron chi connectivity index (χ2n) is 5.15. The Morgan fingerprint density at radius 2 is 1.82 bits per heavy atom. The number of hydrogen-bond donors (Lipinski definition) is 0. The van der Waals surface area contributed by atoms with Crippen LogP contribution in [0.15, 0.2) is 34.9 Å².